The van der Waals surface area contributed by atoms with Gasteiger partial charge in [-0.15, -0.1) is 0 Å². The number of nitrogens with zero attached hydrogens (tertiary/aromatic N) is 1. The maximum Gasteiger partial charge on any atom is 0.374 e. The fraction of sp³-hybridized carbons (Fsp3) is 0.643. The van der Waals surface area contributed by atoms with Gasteiger partial charge >= 0.3 is 5.97 Å². The van der Waals surface area contributed by atoms with E-state index in [9.17, 15) is 4.79 Å². The molecule has 2 rings (SSSR count). The van der Waals surface area contributed by atoms with Crippen LogP contribution in [-0.4, -0.2) is 43.7 Å². The summed E-state index contributed by atoms with van der Waals surface area (Å²) in [5.41, 5.74) is 0.855. The van der Waals surface area contributed by atoms with E-state index in [1.165, 1.54) is 32.8 Å². The molecule has 1 N–H and O–H groups in total. The zero-order valence-corrected chi connectivity index (χ0v) is 11.6. The average Bonchev–Trinajstić information content (AvgIpc) is 3.06. The lowest BCUT2D eigenvalue weighted by molar-refractivity contribution is 0.0563. The summed E-state index contributed by atoms with van der Waals surface area (Å²) >= 11 is 0. The highest BCUT2D eigenvalue weighted by Crippen LogP contribution is 2.16. The van der Waals surface area contributed by atoms with E-state index in [1.807, 2.05) is 6.07 Å². The first-order valence-corrected chi connectivity index (χ1v) is 6.85. The molecule has 0 saturated carbocycles. The zero-order valence-electron chi connectivity index (χ0n) is 11.6. The molecule has 0 radical (unpaired) electrons. The molecule has 1 atom stereocenters. The summed E-state index contributed by atoms with van der Waals surface area (Å²) in [5, 5.41) is 3.40. The molecule has 19 heavy (non-hydrogen) atoms. The first-order chi connectivity index (χ1) is 9.26. The largest absolute Gasteiger partial charge is 0.463 e. The summed E-state index contributed by atoms with van der Waals surface area (Å²) in [5.74, 6) is -0.119. The molecule has 0 aromatic carbocycles. The summed E-state index contributed by atoms with van der Waals surface area (Å²) in [7, 11) is 1.36. The number of esters is 1. The molecule has 5 nitrogen and oxygen atoms in total. The van der Waals surface area contributed by atoms with Gasteiger partial charge in [0.05, 0.1) is 13.4 Å². The Morgan fingerprint density at radius 3 is 3.21 bits per heavy atom. The predicted octanol–water partition coefficient (Wildman–Crippen LogP) is 1.64. The topological polar surface area (TPSA) is 54.7 Å². The fourth-order valence-corrected chi connectivity index (χ4v) is 2.66. The molecule has 5 heteroatoms. The van der Waals surface area contributed by atoms with Gasteiger partial charge in [0, 0.05) is 24.7 Å². The Morgan fingerprint density at radius 2 is 2.47 bits per heavy atom. The second kappa shape index (κ2) is 6.73. The predicted molar refractivity (Wildman–Crippen MR) is 72.0 cm³/mol. The number of carbonyl (C=O) groups excluding carboxylic acids is 1. The SMILES string of the molecule is CCN1CCCC1CNCc1ccoc1C(=O)OC. The number of methoxy groups -OCH3 is 1. The van der Waals surface area contributed by atoms with Gasteiger partial charge in [0.2, 0.25) is 5.76 Å². The smallest absolute Gasteiger partial charge is 0.374 e. The number of furan rings is 1. The van der Waals surface area contributed by atoms with Gasteiger partial charge in [-0.25, -0.2) is 4.79 Å². The minimum Gasteiger partial charge on any atom is -0.463 e. The lowest BCUT2D eigenvalue weighted by Gasteiger charge is -2.22. The molecule has 0 spiro atoms. The van der Waals surface area contributed by atoms with E-state index in [4.69, 9.17) is 4.42 Å². The fourth-order valence-electron chi connectivity index (χ4n) is 2.66. The van der Waals surface area contributed by atoms with Crippen LogP contribution in [-0.2, 0) is 11.3 Å². The van der Waals surface area contributed by atoms with Crippen molar-refractivity contribution < 1.29 is 13.9 Å². The van der Waals surface area contributed by atoms with Crippen LogP contribution in [0.5, 0.6) is 0 Å². The average molecular weight is 266 g/mol. The van der Waals surface area contributed by atoms with Crippen molar-refractivity contribution >= 4 is 5.97 Å². The molecule has 1 aliphatic heterocycles. The third-order valence-electron chi connectivity index (χ3n) is 3.72. The van der Waals surface area contributed by atoms with Gasteiger partial charge in [0.1, 0.15) is 0 Å². The van der Waals surface area contributed by atoms with Crippen LogP contribution in [0.25, 0.3) is 0 Å². The molecule has 1 unspecified atom stereocenters. The molecular weight excluding hydrogens is 244 g/mol. The van der Waals surface area contributed by atoms with Crippen LogP contribution in [0, 0.1) is 0 Å². The second-order valence-corrected chi connectivity index (χ2v) is 4.82. The maximum absolute atomic E-state index is 11.5. The summed E-state index contributed by atoms with van der Waals surface area (Å²) < 4.78 is 9.84. The molecule has 1 aromatic rings. The van der Waals surface area contributed by atoms with Crippen molar-refractivity contribution in [3.05, 3.63) is 23.7 Å². The van der Waals surface area contributed by atoms with Crippen LogP contribution in [0.15, 0.2) is 16.7 Å². The van der Waals surface area contributed by atoms with Gasteiger partial charge in [0.15, 0.2) is 0 Å². The molecular formula is C14H22N2O3. The Balaban J connectivity index is 1.83. The molecule has 0 aliphatic carbocycles. The number of hydrogen-bond acceptors (Lipinski definition) is 5. The Labute approximate surface area is 113 Å². The van der Waals surface area contributed by atoms with E-state index in [2.05, 4.69) is 21.9 Å². The lowest BCUT2D eigenvalue weighted by atomic mass is 10.2. The van der Waals surface area contributed by atoms with Crippen molar-refractivity contribution in [3.8, 4) is 0 Å². The highest BCUT2D eigenvalue weighted by Gasteiger charge is 2.22. The summed E-state index contributed by atoms with van der Waals surface area (Å²) in [4.78, 5) is 14.0. The lowest BCUT2D eigenvalue weighted by Crippen LogP contribution is -2.37. The molecule has 2 heterocycles. The van der Waals surface area contributed by atoms with E-state index in [-0.39, 0.29) is 0 Å². The first kappa shape index (κ1) is 14.1. The van der Waals surface area contributed by atoms with Crippen LogP contribution in [0.1, 0.15) is 35.9 Å². The highest BCUT2D eigenvalue weighted by molar-refractivity contribution is 5.87. The van der Waals surface area contributed by atoms with E-state index < -0.39 is 5.97 Å². The number of rotatable bonds is 6. The molecule has 106 valence electrons. The van der Waals surface area contributed by atoms with Crippen LogP contribution in [0.2, 0.25) is 0 Å². The van der Waals surface area contributed by atoms with Crippen molar-refractivity contribution in [1.82, 2.24) is 10.2 Å². The molecule has 1 saturated heterocycles. The number of ether oxygens (including phenoxy) is 1. The molecule has 1 fully saturated rings. The molecule has 1 aromatic heterocycles. The van der Waals surface area contributed by atoms with Crippen molar-refractivity contribution in [2.75, 3.05) is 26.7 Å². The molecule has 0 amide bonds. The van der Waals surface area contributed by atoms with Crippen molar-refractivity contribution in [3.63, 3.8) is 0 Å². The summed E-state index contributed by atoms with van der Waals surface area (Å²) in [6.07, 6.45) is 4.05. The third-order valence-corrected chi connectivity index (χ3v) is 3.72. The maximum atomic E-state index is 11.5. The van der Waals surface area contributed by atoms with Crippen LogP contribution in [0.3, 0.4) is 0 Å². The second-order valence-electron chi connectivity index (χ2n) is 4.82. The Morgan fingerprint density at radius 1 is 1.63 bits per heavy atom. The van der Waals surface area contributed by atoms with Gasteiger partial charge in [-0.3, -0.25) is 4.90 Å². The van der Waals surface area contributed by atoms with Gasteiger partial charge in [0.25, 0.3) is 0 Å². The van der Waals surface area contributed by atoms with E-state index in [0.717, 1.165) is 18.7 Å². The Hall–Kier alpha value is -1.33. The van der Waals surface area contributed by atoms with E-state index in [0.29, 0.717) is 18.3 Å². The summed E-state index contributed by atoms with van der Waals surface area (Å²) in [6.45, 7) is 6.08. The zero-order chi connectivity index (χ0) is 13.7. The highest BCUT2D eigenvalue weighted by atomic mass is 16.5. The molecule has 1 aliphatic rings. The Kier molecular flexibility index (Phi) is 4.99. The van der Waals surface area contributed by atoms with Gasteiger partial charge in [-0.05, 0) is 32.0 Å². The summed E-state index contributed by atoms with van der Waals surface area (Å²) in [6, 6.07) is 2.42. The number of likely N-dealkylation sites (N-methyl/N-ethyl adjacent to an activating group) is 1. The van der Waals surface area contributed by atoms with E-state index >= 15 is 0 Å². The normalized spacial score (nSPS) is 19.8. The standard InChI is InChI=1S/C14H22N2O3/c1-3-16-7-4-5-12(16)10-15-9-11-6-8-19-13(11)14(17)18-2/h6,8,12,15H,3-5,7,9-10H2,1-2H3. The van der Waals surface area contributed by atoms with Crippen LogP contribution in [0.4, 0.5) is 0 Å². The monoisotopic (exact) mass is 266 g/mol. The quantitative estimate of drug-likeness (QED) is 0.793. The number of hydrogen-bond donors (Lipinski definition) is 1. The number of carbonyl (C=O) groups is 1. The minimum atomic E-state index is -0.419. The van der Waals surface area contributed by atoms with Gasteiger partial charge in [-0.1, -0.05) is 6.92 Å². The van der Waals surface area contributed by atoms with Crippen LogP contribution < -0.4 is 5.32 Å². The van der Waals surface area contributed by atoms with Crippen molar-refractivity contribution in [1.29, 1.82) is 0 Å². The minimum absolute atomic E-state index is 0.300. The van der Waals surface area contributed by atoms with Gasteiger partial charge < -0.3 is 14.5 Å². The molecule has 0 bridgehead atoms. The first-order valence-electron chi connectivity index (χ1n) is 6.85. The number of nitrogens with one attached hydrogen (secondary N) is 1. The van der Waals surface area contributed by atoms with E-state index in [1.54, 1.807) is 0 Å². The van der Waals surface area contributed by atoms with Gasteiger partial charge in [-0.2, -0.15) is 0 Å². The Bertz CT molecular complexity index is 417. The number of likely N-dealkylation sites (tertiary alicyclic amines) is 1. The van der Waals surface area contributed by atoms with Crippen molar-refractivity contribution in [2.24, 2.45) is 0 Å². The van der Waals surface area contributed by atoms with Crippen LogP contribution >= 0.6 is 0 Å². The van der Waals surface area contributed by atoms with Crippen molar-refractivity contribution in [2.45, 2.75) is 32.4 Å². The third kappa shape index (κ3) is 3.36.